The Balaban J connectivity index is 2.72. The number of nitrogens with two attached hydrogens (primary N) is 1. The van der Waals surface area contributed by atoms with E-state index in [2.05, 4.69) is 13.8 Å². The smallest absolute Gasteiger partial charge is 0.119 e. The molecule has 0 radical (unpaired) electrons. The summed E-state index contributed by atoms with van der Waals surface area (Å²) >= 11 is 0. The third-order valence-corrected chi connectivity index (χ3v) is 2.29. The van der Waals surface area contributed by atoms with Crippen molar-refractivity contribution in [3.8, 4) is 5.75 Å². The van der Waals surface area contributed by atoms with Gasteiger partial charge in [-0.2, -0.15) is 0 Å². The zero-order valence-electron chi connectivity index (χ0n) is 9.16. The Morgan fingerprint density at radius 1 is 1.21 bits per heavy atom. The van der Waals surface area contributed by atoms with Crippen LogP contribution in [-0.4, -0.2) is 6.61 Å². The Morgan fingerprint density at radius 2 is 1.79 bits per heavy atom. The van der Waals surface area contributed by atoms with Crippen LogP contribution in [0.2, 0.25) is 0 Å². The molecule has 0 spiro atoms. The van der Waals surface area contributed by atoms with Crippen LogP contribution in [0.25, 0.3) is 0 Å². The summed E-state index contributed by atoms with van der Waals surface area (Å²) < 4.78 is 5.36. The molecule has 0 bridgehead atoms. The van der Waals surface area contributed by atoms with Gasteiger partial charge in [0.25, 0.3) is 0 Å². The van der Waals surface area contributed by atoms with Crippen LogP contribution in [0.4, 0.5) is 0 Å². The molecule has 1 atom stereocenters. The van der Waals surface area contributed by atoms with Gasteiger partial charge in [0.2, 0.25) is 0 Å². The summed E-state index contributed by atoms with van der Waals surface area (Å²) in [6.07, 6.45) is 0. The zero-order valence-corrected chi connectivity index (χ0v) is 9.16. The second-order valence-electron chi connectivity index (χ2n) is 3.77. The van der Waals surface area contributed by atoms with Gasteiger partial charge in [0.15, 0.2) is 0 Å². The fourth-order valence-corrected chi connectivity index (χ4v) is 1.34. The minimum atomic E-state index is 0.116. The molecule has 0 aliphatic carbocycles. The van der Waals surface area contributed by atoms with Crippen molar-refractivity contribution < 1.29 is 4.74 Å². The molecule has 0 unspecified atom stereocenters. The van der Waals surface area contributed by atoms with E-state index in [-0.39, 0.29) is 6.04 Å². The van der Waals surface area contributed by atoms with Crippen LogP contribution in [0.5, 0.6) is 5.75 Å². The van der Waals surface area contributed by atoms with Gasteiger partial charge in [0.05, 0.1) is 6.61 Å². The molecule has 0 fully saturated rings. The van der Waals surface area contributed by atoms with E-state index < -0.39 is 0 Å². The van der Waals surface area contributed by atoms with Gasteiger partial charge in [-0.1, -0.05) is 26.0 Å². The SMILES string of the molecule is CCOc1ccc([C@H](N)C(C)C)cc1. The van der Waals surface area contributed by atoms with Gasteiger partial charge in [-0.05, 0) is 30.5 Å². The molecular weight excluding hydrogens is 174 g/mol. The first-order chi connectivity index (χ1) is 6.65. The predicted octanol–water partition coefficient (Wildman–Crippen LogP) is 2.74. The molecule has 0 saturated heterocycles. The van der Waals surface area contributed by atoms with Gasteiger partial charge < -0.3 is 10.5 Å². The molecule has 78 valence electrons. The first-order valence-corrected chi connectivity index (χ1v) is 5.13. The van der Waals surface area contributed by atoms with E-state index in [1.165, 1.54) is 5.56 Å². The van der Waals surface area contributed by atoms with Gasteiger partial charge in [0, 0.05) is 6.04 Å². The first kappa shape index (κ1) is 11.1. The maximum Gasteiger partial charge on any atom is 0.119 e. The highest BCUT2D eigenvalue weighted by Crippen LogP contribution is 2.21. The number of hydrogen-bond donors (Lipinski definition) is 1. The minimum absolute atomic E-state index is 0.116. The maximum atomic E-state index is 6.02. The normalized spacial score (nSPS) is 12.9. The van der Waals surface area contributed by atoms with Crippen LogP contribution < -0.4 is 10.5 Å². The van der Waals surface area contributed by atoms with Crippen molar-refractivity contribution in [3.63, 3.8) is 0 Å². The van der Waals surface area contributed by atoms with Crippen LogP contribution in [0.3, 0.4) is 0 Å². The van der Waals surface area contributed by atoms with Crippen LogP contribution in [-0.2, 0) is 0 Å². The van der Waals surface area contributed by atoms with Gasteiger partial charge >= 0.3 is 0 Å². The molecule has 0 saturated carbocycles. The Kier molecular flexibility index (Phi) is 3.96. The molecular formula is C12H19NO. The van der Waals surface area contributed by atoms with Gasteiger partial charge in [0.1, 0.15) is 5.75 Å². The first-order valence-electron chi connectivity index (χ1n) is 5.13. The molecule has 2 nitrogen and oxygen atoms in total. The molecule has 2 heteroatoms. The van der Waals surface area contributed by atoms with Crippen LogP contribution in [0, 0.1) is 5.92 Å². The monoisotopic (exact) mass is 193 g/mol. The summed E-state index contributed by atoms with van der Waals surface area (Å²) in [7, 11) is 0. The van der Waals surface area contributed by atoms with Gasteiger partial charge in [-0.15, -0.1) is 0 Å². The second-order valence-corrected chi connectivity index (χ2v) is 3.77. The zero-order chi connectivity index (χ0) is 10.6. The van der Waals surface area contributed by atoms with E-state index in [1.807, 2.05) is 31.2 Å². The summed E-state index contributed by atoms with van der Waals surface area (Å²) in [5, 5.41) is 0. The van der Waals surface area contributed by atoms with Crippen molar-refractivity contribution >= 4 is 0 Å². The Labute approximate surface area is 86.1 Å². The summed E-state index contributed by atoms with van der Waals surface area (Å²) in [6.45, 7) is 6.94. The Hall–Kier alpha value is -1.02. The largest absolute Gasteiger partial charge is 0.494 e. The topological polar surface area (TPSA) is 35.2 Å². The van der Waals surface area contributed by atoms with E-state index >= 15 is 0 Å². The van der Waals surface area contributed by atoms with Gasteiger partial charge in [-0.3, -0.25) is 0 Å². The molecule has 0 heterocycles. The van der Waals surface area contributed by atoms with Crippen LogP contribution >= 0.6 is 0 Å². The molecule has 1 aromatic rings. The van der Waals surface area contributed by atoms with Crippen molar-refractivity contribution in [3.05, 3.63) is 29.8 Å². The van der Waals surface area contributed by atoms with E-state index in [1.54, 1.807) is 0 Å². The highest BCUT2D eigenvalue weighted by Gasteiger charge is 2.09. The van der Waals surface area contributed by atoms with E-state index in [0.717, 1.165) is 5.75 Å². The number of hydrogen-bond acceptors (Lipinski definition) is 2. The Bertz CT molecular complexity index is 266. The number of ether oxygens (including phenoxy) is 1. The van der Waals surface area contributed by atoms with E-state index in [9.17, 15) is 0 Å². The lowest BCUT2D eigenvalue weighted by atomic mass is 9.97. The molecule has 0 aliphatic rings. The molecule has 1 aromatic carbocycles. The molecule has 14 heavy (non-hydrogen) atoms. The number of benzene rings is 1. The summed E-state index contributed by atoms with van der Waals surface area (Å²) in [5.74, 6) is 1.38. The fraction of sp³-hybridized carbons (Fsp3) is 0.500. The van der Waals surface area contributed by atoms with Crippen LogP contribution in [0.1, 0.15) is 32.4 Å². The lowest BCUT2D eigenvalue weighted by Gasteiger charge is -2.16. The van der Waals surface area contributed by atoms with Crippen molar-refractivity contribution in [2.75, 3.05) is 6.61 Å². The van der Waals surface area contributed by atoms with Crippen LogP contribution in [0.15, 0.2) is 24.3 Å². The quantitative estimate of drug-likeness (QED) is 0.798. The summed E-state index contributed by atoms with van der Waals surface area (Å²) in [6, 6.07) is 8.14. The van der Waals surface area contributed by atoms with Crippen molar-refractivity contribution in [2.45, 2.75) is 26.8 Å². The highest BCUT2D eigenvalue weighted by atomic mass is 16.5. The molecule has 1 rings (SSSR count). The van der Waals surface area contributed by atoms with Crippen molar-refractivity contribution in [1.82, 2.24) is 0 Å². The summed E-state index contributed by atoms with van der Waals surface area (Å²) in [5.41, 5.74) is 7.19. The van der Waals surface area contributed by atoms with E-state index in [0.29, 0.717) is 12.5 Å². The highest BCUT2D eigenvalue weighted by molar-refractivity contribution is 5.29. The van der Waals surface area contributed by atoms with Crippen molar-refractivity contribution in [2.24, 2.45) is 11.7 Å². The van der Waals surface area contributed by atoms with Crippen molar-refractivity contribution in [1.29, 1.82) is 0 Å². The van der Waals surface area contributed by atoms with E-state index in [4.69, 9.17) is 10.5 Å². The predicted molar refractivity (Wildman–Crippen MR) is 59.4 cm³/mol. The maximum absolute atomic E-state index is 6.02. The Morgan fingerprint density at radius 3 is 2.21 bits per heavy atom. The fourth-order valence-electron chi connectivity index (χ4n) is 1.34. The lowest BCUT2D eigenvalue weighted by molar-refractivity contribution is 0.340. The molecule has 0 aliphatic heterocycles. The van der Waals surface area contributed by atoms with Gasteiger partial charge in [-0.25, -0.2) is 0 Å². The molecule has 0 aromatic heterocycles. The average Bonchev–Trinajstić information content (AvgIpc) is 2.18. The second kappa shape index (κ2) is 5.01. The number of rotatable bonds is 4. The standard InChI is InChI=1S/C12H19NO/c1-4-14-11-7-5-10(6-8-11)12(13)9(2)3/h5-9,12H,4,13H2,1-3H3/t12-/m1/s1. The third kappa shape index (κ3) is 2.74. The minimum Gasteiger partial charge on any atom is -0.494 e. The molecule has 0 amide bonds. The summed E-state index contributed by atoms with van der Waals surface area (Å²) in [4.78, 5) is 0. The average molecular weight is 193 g/mol. The molecule has 2 N–H and O–H groups in total. The third-order valence-electron chi connectivity index (χ3n) is 2.29. The lowest BCUT2D eigenvalue weighted by Crippen LogP contribution is -2.16.